The lowest BCUT2D eigenvalue weighted by Crippen LogP contribution is -2.52. The minimum Gasteiger partial charge on any atom is -0.312 e. The number of piperazine rings is 1. The second-order valence-corrected chi connectivity index (χ2v) is 4.48. The molecule has 0 radical (unpaired) electrons. The molecule has 1 aliphatic rings. The van der Waals surface area contributed by atoms with Crippen molar-refractivity contribution in [2.45, 2.75) is 13.0 Å². The van der Waals surface area contributed by atoms with Gasteiger partial charge >= 0.3 is 0 Å². The van der Waals surface area contributed by atoms with Gasteiger partial charge in [0.2, 0.25) is 0 Å². The van der Waals surface area contributed by atoms with Crippen LogP contribution in [0.3, 0.4) is 0 Å². The van der Waals surface area contributed by atoms with Crippen molar-refractivity contribution in [2.75, 3.05) is 31.6 Å². The van der Waals surface area contributed by atoms with Gasteiger partial charge in [-0.2, -0.15) is 0 Å². The van der Waals surface area contributed by atoms with Crippen molar-refractivity contribution in [3.05, 3.63) is 24.4 Å². The average molecular weight is 249 g/mol. The highest BCUT2D eigenvalue weighted by molar-refractivity contribution is 5.79. The monoisotopic (exact) mass is 249 g/mol. The highest BCUT2D eigenvalue weighted by Crippen LogP contribution is 1.99. The first-order valence-corrected chi connectivity index (χ1v) is 6.15. The van der Waals surface area contributed by atoms with Crippen LogP contribution >= 0.6 is 0 Å². The van der Waals surface area contributed by atoms with Gasteiger partial charge < -0.3 is 5.32 Å². The van der Waals surface area contributed by atoms with Crippen LogP contribution in [0.1, 0.15) is 6.92 Å². The van der Waals surface area contributed by atoms with Crippen LogP contribution in [0.15, 0.2) is 24.4 Å². The molecule has 1 saturated heterocycles. The number of carbonyl (C=O) groups is 1. The molecule has 1 aromatic heterocycles. The van der Waals surface area contributed by atoms with Gasteiger partial charge in [-0.3, -0.25) is 20.5 Å². The topological polar surface area (TPSA) is 69.3 Å². The molecule has 2 rings (SSSR count). The summed E-state index contributed by atoms with van der Waals surface area (Å²) in [6.07, 6.45) is 1.67. The Hall–Kier alpha value is -1.66. The second kappa shape index (κ2) is 6.32. The van der Waals surface area contributed by atoms with E-state index in [9.17, 15) is 4.79 Å². The highest BCUT2D eigenvalue weighted by atomic mass is 16.2. The smallest absolute Gasteiger partial charge is 0.252 e. The van der Waals surface area contributed by atoms with E-state index in [0.717, 1.165) is 19.6 Å². The number of amides is 1. The van der Waals surface area contributed by atoms with Crippen molar-refractivity contribution in [1.82, 2.24) is 20.6 Å². The van der Waals surface area contributed by atoms with Crippen LogP contribution in [0.25, 0.3) is 0 Å². The van der Waals surface area contributed by atoms with E-state index in [0.29, 0.717) is 18.4 Å². The summed E-state index contributed by atoms with van der Waals surface area (Å²) < 4.78 is 0. The Morgan fingerprint density at radius 2 is 2.50 bits per heavy atom. The number of hydrogen-bond donors (Lipinski definition) is 3. The van der Waals surface area contributed by atoms with Crippen molar-refractivity contribution < 1.29 is 4.79 Å². The Bertz CT molecular complexity index is 383. The van der Waals surface area contributed by atoms with E-state index in [4.69, 9.17) is 0 Å². The quantitative estimate of drug-likeness (QED) is 0.646. The molecule has 1 aliphatic heterocycles. The number of nitrogens with one attached hydrogen (secondary N) is 3. The number of rotatable bonds is 4. The van der Waals surface area contributed by atoms with E-state index in [1.165, 1.54) is 0 Å². The Kier molecular flexibility index (Phi) is 4.49. The third-order valence-electron chi connectivity index (χ3n) is 2.81. The van der Waals surface area contributed by atoms with Gasteiger partial charge in [0.25, 0.3) is 5.91 Å². The van der Waals surface area contributed by atoms with Crippen LogP contribution < -0.4 is 16.2 Å². The largest absolute Gasteiger partial charge is 0.312 e. The molecule has 0 unspecified atom stereocenters. The molecule has 0 spiro atoms. The van der Waals surface area contributed by atoms with Crippen molar-refractivity contribution in [2.24, 2.45) is 0 Å². The van der Waals surface area contributed by atoms with Gasteiger partial charge in [-0.1, -0.05) is 6.07 Å². The number of hydrazine groups is 1. The molecule has 2 heterocycles. The Morgan fingerprint density at radius 1 is 1.61 bits per heavy atom. The van der Waals surface area contributed by atoms with Gasteiger partial charge in [-0.05, 0) is 19.1 Å². The maximum atomic E-state index is 11.7. The van der Waals surface area contributed by atoms with E-state index in [1.807, 2.05) is 12.1 Å². The van der Waals surface area contributed by atoms with Gasteiger partial charge in [0, 0.05) is 31.9 Å². The van der Waals surface area contributed by atoms with Gasteiger partial charge in [0.1, 0.15) is 5.82 Å². The molecule has 1 atom stereocenters. The van der Waals surface area contributed by atoms with Crippen LogP contribution in [-0.2, 0) is 4.79 Å². The zero-order valence-electron chi connectivity index (χ0n) is 10.5. The lowest BCUT2D eigenvalue weighted by atomic mass is 10.2. The molecule has 98 valence electrons. The number of aromatic nitrogens is 1. The van der Waals surface area contributed by atoms with Crippen molar-refractivity contribution >= 4 is 11.7 Å². The van der Waals surface area contributed by atoms with Crippen LogP contribution in [0.2, 0.25) is 0 Å². The Labute approximate surface area is 107 Å². The zero-order valence-corrected chi connectivity index (χ0v) is 10.5. The fourth-order valence-corrected chi connectivity index (χ4v) is 1.97. The zero-order chi connectivity index (χ0) is 12.8. The van der Waals surface area contributed by atoms with E-state index in [1.54, 1.807) is 12.3 Å². The first kappa shape index (κ1) is 12.8. The highest BCUT2D eigenvalue weighted by Gasteiger charge is 2.17. The maximum absolute atomic E-state index is 11.7. The predicted molar refractivity (Wildman–Crippen MR) is 69.9 cm³/mol. The minimum atomic E-state index is -0.0465. The SMILES string of the molecule is C[C@@H]1CN(CC(=O)NNc2ccccn2)CCN1. The van der Waals surface area contributed by atoms with E-state index < -0.39 is 0 Å². The summed E-state index contributed by atoms with van der Waals surface area (Å²) in [6, 6.07) is 5.93. The first-order valence-electron chi connectivity index (χ1n) is 6.15. The van der Waals surface area contributed by atoms with Crippen molar-refractivity contribution in [3.8, 4) is 0 Å². The molecule has 1 aromatic rings. The number of anilines is 1. The molecule has 6 nitrogen and oxygen atoms in total. The van der Waals surface area contributed by atoms with Crippen LogP contribution in [0.5, 0.6) is 0 Å². The molecule has 0 aliphatic carbocycles. The molecule has 0 aromatic carbocycles. The van der Waals surface area contributed by atoms with Crippen molar-refractivity contribution in [3.63, 3.8) is 0 Å². The summed E-state index contributed by atoms with van der Waals surface area (Å²) in [5, 5.41) is 3.34. The fourth-order valence-electron chi connectivity index (χ4n) is 1.97. The number of nitrogens with zero attached hydrogens (tertiary/aromatic N) is 2. The first-order chi connectivity index (χ1) is 8.74. The predicted octanol–water partition coefficient (Wildman–Crippen LogP) is -0.182. The summed E-state index contributed by atoms with van der Waals surface area (Å²) in [7, 11) is 0. The lowest BCUT2D eigenvalue weighted by Gasteiger charge is -2.31. The number of hydrogen-bond acceptors (Lipinski definition) is 5. The van der Waals surface area contributed by atoms with Crippen LogP contribution in [0.4, 0.5) is 5.82 Å². The fraction of sp³-hybridized carbons (Fsp3) is 0.500. The minimum absolute atomic E-state index is 0.0465. The molecule has 18 heavy (non-hydrogen) atoms. The number of carbonyl (C=O) groups excluding carboxylic acids is 1. The van der Waals surface area contributed by atoms with Gasteiger partial charge in [-0.25, -0.2) is 4.98 Å². The summed E-state index contributed by atoms with van der Waals surface area (Å²) in [5.74, 6) is 0.592. The summed E-state index contributed by atoms with van der Waals surface area (Å²) in [5.41, 5.74) is 5.44. The van der Waals surface area contributed by atoms with Gasteiger partial charge in [0.15, 0.2) is 0 Å². The van der Waals surface area contributed by atoms with E-state index in [2.05, 4.69) is 33.0 Å². The second-order valence-electron chi connectivity index (χ2n) is 4.48. The Balaban J connectivity index is 1.72. The molecular weight excluding hydrogens is 230 g/mol. The molecular formula is C12H19N5O. The van der Waals surface area contributed by atoms with Gasteiger partial charge in [-0.15, -0.1) is 0 Å². The maximum Gasteiger partial charge on any atom is 0.252 e. The molecule has 0 saturated carbocycles. The third kappa shape index (κ3) is 3.97. The molecule has 3 N–H and O–H groups in total. The van der Waals surface area contributed by atoms with Crippen molar-refractivity contribution in [1.29, 1.82) is 0 Å². The van der Waals surface area contributed by atoms with Gasteiger partial charge in [0.05, 0.1) is 6.54 Å². The average Bonchev–Trinajstić information content (AvgIpc) is 2.38. The number of pyridine rings is 1. The normalized spacial score (nSPS) is 20.4. The summed E-state index contributed by atoms with van der Waals surface area (Å²) in [4.78, 5) is 17.9. The molecule has 0 bridgehead atoms. The van der Waals surface area contributed by atoms with Crippen LogP contribution in [-0.4, -0.2) is 48.0 Å². The lowest BCUT2D eigenvalue weighted by molar-refractivity contribution is -0.122. The molecule has 1 amide bonds. The molecule has 1 fully saturated rings. The molecule has 6 heteroatoms. The third-order valence-corrected chi connectivity index (χ3v) is 2.81. The van der Waals surface area contributed by atoms with E-state index >= 15 is 0 Å². The Morgan fingerprint density at radius 3 is 3.22 bits per heavy atom. The standard InChI is InChI=1S/C12H19N5O/c1-10-8-17(7-6-13-10)9-12(18)16-15-11-4-2-3-5-14-11/h2-5,10,13H,6-9H2,1H3,(H,14,15)(H,16,18)/t10-/m1/s1. The van der Waals surface area contributed by atoms with Crippen LogP contribution in [0, 0.1) is 0 Å². The summed E-state index contributed by atoms with van der Waals surface area (Å²) >= 11 is 0. The summed E-state index contributed by atoms with van der Waals surface area (Å²) in [6.45, 7) is 5.27. The van der Waals surface area contributed by atoms with E-state index in [-0.39, 0.29) is 5.91 Å².